The first kappa shape index (κ1) is 9.77. The fraction of sp³-hybridized carbons (Fsp3) is 0.250. The highest BCUT2D eigenvalue weighted by Gasteiger charge is 2.13. The molecular formula is C12H14N2O. The molecule has 0 radical (unpaired) electrons. The Balaban J connectivity index is 2.51. The summed E-state index contributed by atoms with van der Waals surface area (Å²) in [7, 11) is 1.81. The fourth-order valence-electron chi connectivity index (χ4n) is 1.62. The predicted octanol–water partition coefficient (Wildman–Crippen LogP) is 2.26. The number of nitrogens with one attached hydrogen (secondary N) is 1. The molecule has 1 heterocycles. The van der Waals surface area contributed by atoms with Gasteiger partial charge in [0, 0.05) is 36.3 Å². The smallest absolute Gasteiger partial charge is 0.254 e. The van der Waals surface area contributed by atoms with Gasteiger partial charge >= 0.3 is 0 Å². The van der Waals surface area contributed by atoms with E-state index in [9.17, 15) is 4.79 Å². The molecule has 3 nitrogen and oxygen atoms in total. The Bertz CT molecular complexity index is 487. The molecule has 15 heavy (non-hydrogen) atoms. The summed E-state index contributed by atoms with van der Waals surface area (Å²) in [5.41, 5.74) is 1.77. The van der Waals surface area contributed by atoms with Gasteiger partial charge in [-0.15, -0.1) is 0 Å². The van der Waals surface area contributed by atoms with Crippen LogP contribution in [0.25, 0.3) is 10.9 Å². The zero-order chi connectivity index (χ0) is 10.8. The summed E-state index contributed by atoms with van der Waals surface area (Å²) >= 11 is 0. The third-order valence-electron chi connectivity index (χ3n) is 2.65. The minimum absolute atomic E-state index is 0.0719. The van der Waals surface area contributed by atoms with Gasteiger partial charge in [-0.2, -0.15) is 0 Å². The maximum atomic E-state index is 12.0. The summed E-state index contributed by atoms with van der Waals surface area (Å²) in [6.07, 6.45) is 1.85. The van der Waals surface area contributed by atoms with Crippen molar-refractivity contribution in [3.05, 3.63) is 36.0 Å². The number of benzene rings is 1. The van der Waals surface area contributed by atoms with Crippen molar-refractivity contribution in [2.75, 3.05) is 13.6 Å². The van der Waals surface area contributed by atoms with Gasteiger partial charge in [0.05, 0.1) is 0 Å². The van der Waals surface area contributed by atoms with E-state index in [-0.39, 0.29) is 5.91 Å². The summed E-state index contributed by atoms with van der Waals surface area (Å²) < 4.78 is 0. The Morgan fingerprint density at radius 1 is 1.40 bits per heavy atom. The van der Waals surface area contributed by atoms with Crippen molar-refractivity contribution in [2.45, 2.75) is 6.92 Å². The average Bonchev–Trinajstić information content (AvgIpc) is 2.74. The fourth-order valence-corrected chi connectivity index (χ4v) is 1.62. The Hall–Kier alpha value is -1.77. The van der Waals surface area contributed by atoms with Gasteiger partial charge in [0.2, 0.25) is 0 Å². The minimum atomic E-state index is 0.0719. The van der Waals surface area contributed by atoms with Gasteiger partial charge in [-0.3, -0.25) is 4.79 Å². The van der Waals surface area contributed by atoms with Gasteiger partial charge in [0.1, 0.15) is 0 Å². The number of carbonyl (C=O) groups is 1. The largest absolute Gasteiger partial charge is 0.361 e. The van der Waals surface area contributed by atoms with Crippen molar-refractivity contribution in [1.29, 1.82) is 0 Å². The van der Waals surface area contributed by atoms with Crippen LogP contribution in [0.3, 0.4) is 0 Å². The monoisotopic (exact) mass is 202 g/mol. The molecule has 0 saturated carbocycles. The maximum absolute atomic E-state index is 12.0. The maximum Gasteiger partial charge on any atom is 0.254 e. The molecule has 0 spiro atoms. The van der Waals surface area contributed by atoms with Crippen molar-refractivity contribution >= 4 is 16.8 Å². The van der Waals surface area contributed by atoms with Crippen LogP contribution in [-0.2, 0) is 0 Å². The van der Waals surface area contributed by atoms with Crippen molar-refractivity contribution in [3.63, 3.8) is 0 Å². The first-order valence-corrected chi connectivity index (χ1v) is 5.05. The SMILES string of the molecule is CCN(C)C(=O)c1cccc2[nH]ccc12. The lowest BCUT2D eigenvalue weighted by Crippen LogP contribution is -2.26. The number of hydrogen-bond donors (Lipinski definition) is 1. The van der Waals surface area contributed by atoms with Gasteiger partial charge in [0.15, 0.2) is 0 Å². The average molecular weight is 202 g/mol. The lowest BCUT2D eigenvalue weighted by molar-refractivity contribution is 0.0804. The molecule has 2 aromatic rings. The number of aromatic amines is 1. The van der Waals surface area contributed by atoms with E-state index in [0.717, 1.165) is 23.0 Å². The van der Waals surface area contributed by atoms with Gasteiger partial charge in [-0.1, -0.05) is 6.07 Å². The Labute approximate surface area is 88.7 Å². The van der Waals surface area contributed by atoms with E-state index in [1.54, 1.807) is 4.90 Å². The highest BCUT2D eigenvalue weighted by Crippen LogP contribution is 2.18. The Morgan fingerprint density at radius 3 is 2.93 bits per heavy atom. The molecule has 1 N–H and O–H groups in total. The van der Waals surface area contributed by atoms with E-state index in [4.69, 9.17) is 0 Å². The summed E-state index contributed by atoms with van der Waals surface area (Å²) in [6, 6.07) is 7.67. The highest BCUT2D eigenvalue weighted by atomic mass is 16.2. The molecule has 1 aromatic carbocycles. The molecule has 0 aliphatic rings. The molecule has 3 heteroatoms. The third-order valence-corrected chi connectivity index (χ3v) is 2.65. The zero-order valence-electron chi connectivity index (χ0n) is 8.95. The number of hydrogen-bond acceptors (Lipinski definition) is 1. The van der Waals surface area contributed by atoms with Crippen molar-refractivity contribution in [2.24, 2.45) is 0 Å². The van der Waals surface area contributed by atoms with Gasteiger partial charge in [-0.25, -0.2) is 0 Å². The number of nitrogens with zero attached hydrogens (tertiary/aromatic N) is 1. The number of carbonyl (C=O) groups excluding carboxylic acids is 1. The van der Waals surface area contributed by atoms with Crippen LogP contribution in [0.1, 0.15) is 17.3 Å². The van der Waals surface area contributed by atoms with E-state index < -0.39 is 0 Å². The van der Waals surface area contributed by atoms with E-state index in [0.29, 0.717) is 0 Å². The van der Waals surface area contributed by atoms with E-state index in [1.807, 2.05) is 44.4 Å². The first-order valence-electron chi connectivity index (χ1n) is 5.05. The summed E-state index contributed by atoms with van der Waals surface area (Å²) in [5.74, 6) is 0.0719. The summed E-state index contributed by atoms with van der Waals surface area (Å²) in [6.45, 7) is 2.69. The van der Waals surface area contributed by atoms with Crippen LogP contribution in [0.15, 0.2) is 30.5 Å². The van der Waals surface area contributed by atoms with Gasteiger partial charge in [0.25, 0.3) is 5.91 Å². The van der Waals surface area contributed by atoms with Crippen LogP contribution < -0.4 is 0 Å². The lowest BCUT2D eigenvalue weighted by atomic mass is 10.1. The molecular weight excluding hydrogens is 188 g/mol. The van der Waals surface area contributed by atoms with Crippen LogP contribution in [-0.4, -0.2) is 29.4 Å². The first-order chi connectivity index (χ1) is 7.24. The molecule has 0 unspecified atom stereocenters. The second-order valence-corrected chi connectivity index (χ2v) is 3.56. The number of amides is 1. The van der Waals surface area contributed by atoms with Crippen LogP contribution in [0.5, 0.6) is 0 Å². The molecule has 78 valence electrons. The van der Waals surface area contributed by atoms with Gasteiger partial charge in [-0.05, 0) is 25.1 Å². The normalized spacial score (nSPS) is 10.5. The second-order valence-electron chi connectivity index (χ2n) is 3.56. The predicted molar refractivity (Wildman–Crippen MR) is 60.9 cm³/mol. The minimum Gasteiger partial charge on any atom is -0.361 e. The van der Waals surface area contributed by atoms with Crippen LogP contribution in [0.4, 0.5) is 0 Å². The standard InChI is InChI=1S/C12H14N2O/c1-3-14(2)12(15)10-5-4-6-11-9(10)7-8-13-11/h4-8,13H,3H2,1-2H3. The molecule has 1 aromatic heterocycles. The van der Waals surface area contributed by atoms with Gasteiger partial charge < -0.3 is 9.88 Å². The van der Waals surface area contributed by atoms with Crippen molar-refractivity contribution in [3.8, 4) is 0 Å². The zero-order valence-corrected chi connectivity index (χ0v) is 8.95. The van der Waals surface area contributed by atoms with E-state index >= 15 is 0 Å². The highest BCUT2D eigenvalue weighted by molar-refractivity contribution is 6.06. The summed E-state index contributed by atoms with van der Waals surface area (Å²) in [4.78, 5) is 16.8. The van der Waals surface area contributed by atoms with Crippen LogP contribution >= 0.6 is 0 Å². The van der Waals surface area contributed by atoms with Crippen LogP contribution in [0, 0.1) is 0 Å². The second kappa shape index (κ2) is 3.77. The topological polar surface area (TPSA) is 36.1 Å². The molecule has 0 bridgehead atoms. The quantitative estimate of drug-likeness (QED) is 0.796. The molecule has 0 fully saturated rings. The van der Waals surface area contributed by atoms with Crippen molar-refractivity contribution in [1.82, 2.24) is 9.88 Å². The Morgan fingerprint density at radius 2 is 2.20 bits per heavy atom. The Kier molecular flexibility index (Phi) is 2.46. The summed E-state index contributed by atoms with van der Waals surface area (Å²) in [5, 5.41) is 0.989. The number of rotatable bonds is 2. The molecule has 2 rings (SSSR count). The van der Waals surface area contributed by atoms with Crippen LogP contribution in [0.2, 0.25) is 0 Å². The molecule has 0 atom stereocenters. The number of H-pyrrole nitrogens is 1. The third kappa shape index (κ3) is 1.61. The lowest BCUT2D eigenvalue weighted by Gasteiger charge is -2.14. The van der Waals surface area contributed by atoms with E-state index in [2.05, 4.69) is 4.98 Å². The molecule has 0 aliphatic carbocycles. The van der Waals surface area contributed by atoms with E-state index in [1.165, 1.54) is 0 Å². The number of fused-ring (bicyclic) bond motifs is 1. The molecule has 0 aliphatic heterocycles. The molecule has 0 saturated heterocycles. The number of aromatic nitrogens is 1. The van der Waals surface area contributed by atoms with Crippen molar-refractivity contribution < 1.29 is 4.79 Å². The molecule has 1 amide bonds.